The van der Waals surface area contributed by atoms with Crippen LogP contribution in [-0.2, 0) is 4.79 Å². The zero-order valence-corrected chi connectivity index (χ0v) is 12.9. The Morgan fingerprint density at radius 3 is 2.70 bits per heavy atom. The van der Waals surface area contributed by atoms with E-state index >= 15 is 0 Å². The first-order valence-corrected chi connectivity index (χ1v) is 7.30. The van der Waals surface area contributed by atoms with Crippen molar-refractivity contribution < 1.29 is 9.59 Å². The Bertz CT molecular complexity index is 818. The molecule has 6 nitrogen and oxygen atoms in total. The maximum atomic E-state index is 12.9. The van der Waals surface area contributed by atoms with E-state index in [4.69, 9.17) is 5.26 Å². The van der Waals surface area contributed by atoms with Crippen molar-refractivity contribution in [1.82, 2.24) is 4.98 Å². The molecule has 1 aliphatic rings. The number of amides is 2. The van der Waals surface area contributed by atoms with Crippen LogP contribution in [0.3, 0.4) is 0 Å². The number of anilines is 2. The van der Waals surface area contributed by atoms with Crippen molar-refractivity contribution in [3.05, 3.63) is 47.8 Å². The molecule has 0 radical (unpaired) electrons. The van der Waals surface area contributed by atoms with Crippen LogP contribution in [0.1, 0.15) is 23.0 Å². The molecule has 3 rings (SSSR count). The van der Waals surface area contributed by atoms with Gasteiger partial charge in [-0.25, -0.2) is 0 Å². The van der Waals surface area contributed by atoms with Gasteiger partial charge in [-0.1, -0.05) is 19.1 Å². The van der Waals surface area contributed by atoms with E-state index in [1.165, 1.54) is 12.3 Å². The molecule has 0 bridgehead atoms. The molecule has 0 aliphatic carbocycles. The van der Waals surface area contributed by atoms with Crippen molar-refractivity contribution in [1.29, 1.82) is 5.26 Å². The molecule has 23 heavy (non-hydrogen) atoms. The van der Waals surface area contributed by atoms with Crippen LogP contribution in [0.25, 0.3) is 0 Å². The molecule has 0 saturated carbocycles. The number of fused-ring (bicyclic) bond motifs is 1. The Morgan fingerprint density at radius 1 is 1.35 bits per heavy atom. The number of hydrogen-bond acceptors (Lipinski definition) is 3. The van der Waals surface area contributed by atoms with Gasteiger partial charge in [0.1, 0.15) is 11.8 Å². The summed E-state index contributed by atoms with van der Waals surface area (Å²) in [5, 5.41) is 8.90. The lowest BCUT2D eigenvalue weighted by Gasteiger charge is -2.23. The molecular formula is C17H16N4O2. The lowest BCUT2D eigenvalue weighted by molar-refractivity contribution is -0.121. The van der Waals surface area contributed by atoms with Gasteiger partial charge in [0.15, 0.2) is 0 Å². The molecule has 1 N–H and O–H groups in total. The average Bonchev–Trinajstić information content (AvgIpc) is 3.03. The Morgan fingerprint density at radius 2 is 2.04 bits per heavy atom. The second-order valence-corrected chi connectivity index (χ2v) is 5.62. The molecule has 1 atom stereocenters. The SMILES string of the molecule is CC1CN(C(=O)c2c[nH]c(C#N)c2)c2ccccc2N(C)C1=O. The van der Waals surface area contributed by atoms with Crippen molar-refractivity contribution in [2.24, 2.45) is 5.92 Å². The normalized spacial score (nSPS) is 17.4. The molecule has 2 heterocycles. The Hall–Kier alpha value is -3.07. The number of para-hydroxylation sites is 2. The maximum Gasteiger partial charge on any atom is 0.259 e. The van der Waals surface area contributed by atoms with Gasteiger partial charge in [0.05, 0.1) is 22.9 Å². The highest BCUT2D eigenvalue weighted by Crippen LogP contribution is 2.34. The van der Waals surface area contributed by atoms with Gasteiger partial charge < -0.3 is 14.8 Å². The Balaban J connectivity index is 2.07. The van der Waals surface area contributed by atoms with Crippen LogP contribution in [0.5, 0.6) is 0 Å². The van der Waals surface area contributed by atoms with Crippen molar-refractivity contribution in [2.75, 3.05) is 23.4 Å². The molecular weight excluding hydrogens is 292 g/mol. The van der Waals surface area contributed by atoms with Crippen LogP contribution in [-0.4, -0.2) is 30.4 Å². The van der Waals surface area contributed by atoms with E-state index in [1.54, 1.807) is 16.8 Å². The molecule has 1 aliphatic heterocycles. The highest BCUT2D eigenvalue weighted by molar-refractivity contribution is 6.11. The maximum absolute atomic E-state index is 12.9. The van der Waals surface area contributed by atoms with E-state index in [1.807, 2.05) is 37.3 Å². The van der Waals surface area contributed by atoms with E-state index in [2.05, 4.69) is 4.98 Å². The van der Waals surface area contributed by atoms with Crippen LogP contribution < -0.4 is 9.80 Å². The van der Waals surface area contributed by atoms with Gasteiger partial charge in [0.25, 0.3) is 5.91 Å². The van der Waals surface area contributed by atoms with Crippen molar-refractivity contribution in [2.45, 2.75) is 6.92 Å². The number of aromatic nitrogens is 1. The predicted octanol–water partition coefficient (Wildman–Crippen LogP) is 2.15. The highest BCUT2D eigenvalue weighted by Gasteiger charge is 2.32. The number of nitrogens with one attached hydrogen (secondary N) is 1. The first-order valence-electron chi connectivity index (χ1n) is 7.30. The van der Waals surface area contributed by atoms with Gasteiger partial charge in [-0.05, 0) is 18.2 Å². The fraction of sp³-hybridized carbons (Fsp3) is 0.235. The minimum Gasteiger partial charge on any atom is -0.352 e. The summed E-state index contributed by atoms with van der Waals surface area (Å²) < 4.78 is 0. The summed E-state index contributed by atoms with van der Waals surface area (Å²) in [7, 11) is 1.72. The zero-order valence-electron chi connectivity index (χ0n) is 12.9. The summed E-state index contributed by atoms with van der Waals surface area (Å²) in [6, 6.07) is 10.8. The number of H-pyrrole nitrogens is 1. The molecule has 6 heteroatoms. The Labute approximate surface area is 133 Å². The van der Waals surface area contributed by atoms with E-state index in [-0.39, 0.29) is 17.7 Å². The second-order valence-electron chi connectivity index (χ2n) is 5.62. The van der Waals surface area contributed by atoms with Crippen molar-refractivity contribution >= 4 is 23.2 Å². The molecule has 0 fully saturated rings. The number of nitrogens with zero attached hydrogens (tertiary/aromatic N) is 3. The number of rotatable bonds is 1. The molecule has 116 valence electrons. The highest BCUT2D eigenvalue weighted by atomic mass is 16.2. The molecule has 0 spiro atoms. The third kappa shape index (κ3) is 2.46. The minimum atomic E-state index is -0.314. The Kier molecular flexibility index (Phi) is 3.62. The number of carbonyl (C=O) groups is 2. The van der Waals surface area contributed by atoms with Gasteiger partial charge in [0.2, 0.25) is 5.91 Å². The predicted molar refractivity (Wildman–Crippen MR) is 86.2 cm³/mol. The van der Waals surface area contributed by atoms with E-state index < -0.39 is 0 Å². The summed E-state index contributed by atoms with van der Waals surface area (Å²) in [5.41, 5.74) is 2.13. The van der Waals surface area contributed by atoms with Crippen LogP contribution in [0.15, 0.2) is 36.5 Å². The molecule has 0 saturated heterocycles. The van der Waals surface area contributed by atoms with E-state index in [0.29, 0.717) is 29.2 Å². The second kappa shape index (κ2) is 5.61. The average molecular weight is 308 g/mol. The van der Waals surface area contributed by atoms with Crippen molar-refractivity contribution in [3.8, 4) is 6.07 Å². The standard InChI is InChI=1S/C17H16N4O2/c1-11-10-21(17(23)12-7-13(8-18)19-9-12)15-6-4-3-5-14(15)20(2)16(11)22/h3-7,9,11,19H,10H2,1-2H3. The molecule has 1 unspecified atom stereocenters. The van der Waals surface area contributed by atoms with Gasteiger partial charge in [0, 0.05) is 19.8 Å². The van der Waals surface area contributed by atoms with Gasteiger partial charge in [-0.15, -0.1) is 0 Å². The van der Waals surface area contributed by atoms with Gasteiger partial charge in [-0.3, -0.25) is 9.59 Å². The third-order valence-corrected chi connectivity index (χ3v) is 4.04. The molecule has 1 aromatic heterocycles. The van der Waals surface area contributed by atoms with Crippen LogP contribution in [0, 0.1) is 17.2 Å². The number of aromatic amines is 1. The monoisotopic (exact) mass is 308 g/mol. The zero-order chi connectivity index (χ0) is 16.6. The lowest BCUT2D eigenvalue weighted by atomic mass is 10.1. The molecule has 1 aromatic carbocycles. The van der Waals surface area contributed by atoms with Crippen LogP contribution >= 0.6 is 0 Å². The molecule has 2 aromatic rings. The smallest absolute Gasteiger partial charge is 0.259 e. The van der Waals surface area contributed by atoms with Gasteiger partial charge >= 0.3 is 0 Å². The topological polar surface area (TPSA) is 80.2 Å². The summed E-state index contributed by atoms with van der Waals surface area (Å²) in [4.78, 5) is 31.2. The number of nitriles is 1. The van der Waals surface area contributed by atoms with Gasteiger partial charge in [-0.2, -0.15) is 5.26 Å². The third-order valence-electron chi connectivity index (χ3n) is 4.04. The lowest BCUT2D eigenvalue weighted by Crippen LogP contribution is -2.37. The summed E-state index contributed by atoms with van der Waals surface area (Å²) in [5.74, 6) is -0.574. The number of hydrogen-bond donors (Lipinski definition) is 1. The van der Waals surface area contributed by atoms with Crippen LogP contribution in [0.2, 0.25) is 0 Å². The van der Waals surface area contributed by atoms with Crippen LogP contribution in [0.4, 0.5) is 11.4 Å². The molecule has 2 amide bonds. The summed E-state index contributed by atoms with van der Waals surface area (Å²) >= 11 is 0. The fourth-order valence-electron chi connectivity index (χ4n) is 2.81. The number of benzene rings is 1. The van der Waals surface area contributed by atoms with Crippen molar-refractivity contribution in [3.63, 3.8) is 0 Å². The minimum absolute atomic E-state index is 0.0282. The first kappa shape index (κ1) is 14.9. The van der Waals surface area contributed by atoms with E-state index in [0.717, 1.165) is 0 Å². The first-order chi connectivity index (χ1) is 11.0. The summed E-state index contributed by atoms with van der Waals surface area (Å²) in [6.07, 6.45) is 1.52. The number of carbonyl (C=O) groups excluding carboxylic acids is 2. The fourth-order valence-corrected chi connectivity index (χ4v) is 2.81. The van der Waals surface area contributed by atoms with E-state index in [9.17, 15) is 9.59 Å². The quantitative estimate of drug-likeness (QED) is 0.876. The summed E-state index contributed by atoms with van der Waals surface area (Å²) in [6.45, 7) is 2.11. The largest absolute Gasteiger partial charge is 0.352 e.